The van der Waals surface area contributed by atoms with Crippen molar-refractivity contribution in [3.05, 3.63) is 216 Å². The Labute approximate surface area is 536 Å². The Balaban J connectivity index is 0.000000498. The Morgan fingerprint density at radius 3 is 0.553 bits per heavy atom. The van der Waals surface area contributed by atoms with Crippen molar-refractivity contribution in [3.8, 4) is 0 Å². The van der Waals surface area contributed by atoms with Gasteiger partial charge in [0.2, 0.25) is 0 Å². The molecule has 0 saturated carbocycles. The van der Waals surface area contributed by atoms with Crippen LogP contribution in [0.15, 0.2) is 234 Å². The normalized spacial score (nSPS) is 10.2. The number of hydrogen-bond donors (Lipinski definition) is 0. The third-order valence-electron chi connectivity index (χ3n) is 10.5. The summed E-state index contributed by atoms with van der Waals surface area (Å²) in [6.45, 7) is 0. The van der Waals surface area contributed by atoms with Crippen LogP contribution in [0.5, 0.6) is 0 Å². The zero-order chi connectivity index (χ0) is 51.8. The van der Waals surface area contributed by atoms with Gasteiger partial charge in [0.15, 0.2) is 0 Å². The molecule has 0 N–H and O–H groups in total. The van der Waals surface area contributed by atoms with Crippen molar-refractivity contribution in [2.45, 2.75) is 19.6 Å². The van der Waals surface area contributed by atoms with Crippen molar-refractivity contribution >= 4 is 121 Å². The largest absolute Gasteiger partial charge is 1.00 e. The smallest absolute Gasteiger partial charge is 0.778 e. The third-order valence-corrected chi connectivity index (χ3v) is 11.9. The molecule has 0 amide bonds. The number of anilines is 4. The second kappa shape index (κ2) is 37.3. The fourth-order valence-corrected chi connectivity index (χ4v) is 7.06. The molecule has 0 radical (unpaired) electrons. The minimum Gasteiger partial charge on any atom is -0.778 e. The van der Waals surface area contributed by atoms with E-state index in [1.807, 2.05) is 227 Å². The van der Waals surface area contributed by atoms with Crippen LogP contribution in [0.4, 0.5) is 45.5 Å². The van der Waals surface area contributed by atoms with Gasteiger partial charge in [0, 0.05) is 127 Å². The monoisotopic (exact) mass is 1810 g/mol. The van der Waals surface area contributed by atoms with E-state index in [2.05, 4.69) is 88.1 Å². The van der Waals surface area contributed by atoms with Crippen molar-refractivity contribution in [2.24, 2.45) is 20.0 Å². The first-order valence-electron chi connectivity index (χ1n) is 23.0. The van der Waals surface area contributed by atoms with E-state index >= 15 is 0 Å². The fourth-order valence-electron chi connectivity index (χ4n) is 6.27. The number of hydrogen-bond acceptors (Lipinski definition) is 12. The van der Waals surface area contributed by atoms with Crippen LogP contribution in [0.3, 0.4) is 0 Å². The molecule has 0 aromatic heterocycles. The van der Waals surface area contributed by atoms with Gasteiger partial charge in [0.1, 0.15) is 0 Å². The van der Waals surface area contributed by atoms with Crippen LogP contribution in [0.25, 0.3) is 0 Å². The molecule has 8 aromatic carbocycles. The van der Waals surface area contributed by atoms with Crippen molar-refractivity contribution in [2.75, 3.05) is 76.0 Å². The number of nitrogens with zero attached hydrogens (tertiary/aromatic N) is 8. The van der Waals surface area contributed by atoms with Crippen molar-refractivity contribution in [3.63, 3.8) is 0 Å². The molecule has 8 rings (SSSR count). The van der Waals surface area contributed by atoms with E-state index in [-0.39, 0.29) is 89.5 Å². The molecule has 0 spiro atoms. The Kier molecular flexibility index (Phi) is 34.1. The zero-order valence-corrected chi connectivity index (χ0v) is 55.1. The molecule has 76 heavy (non-hydrogen) atoms. The maximum absolute atomic E-state index is 5.20. The molecule has 0 bridgehead atoms. The molecule has 0 aliphatic heterocycles. The molecule has 0 saturated heterocycles. The van der Waals surface area contributed by atoms with Crippen LogP contribution in [0.1, 0.15) is 22.3 Å². The topological polar surface area (TPSA) is 62.4 Å². The molecule has 0 aliphatic carbocycles. The minimum atomic E-state index is 0. The molecule has 8 nitrogen and oxygen atoms in total. The first-order valence-corrected chi connectivity index (χ1v) is 24.6. The zero-order valence-electron chi connectivity index (χ0n) is 43.2. The summed E-state index contributed by atoms with van der Waals surface area (Å²) in [4.78, 5) is 29.0. The summed E-state index contributed by atoms with van der Waals surface area (Å²) in [6.07, 6.45) is 7.35. The second-order valence-corrected chi connectivity index (χ2v) is 18.6. The van der Waals surface area contributed by atoms with E-state index in [0.717, 1.165) is 64.6 Å². The molecule has 408 valence electrons. The van der Waals surface area contributed by atoms with Crippen LogP contribution in [-0.4, -0.2) is 81.2 Å². The molecule has 0 unspecified atom stereocenters. The molecule has 8 aromatic rings. The van der Waals surface area contributed by atoms with E-state index in [1.165, 1.54) is 22.7 Å². The summed E-state index contributed by atoms with van der Waals surface area (Å²) >= 11 is 20.8. The van der Waals surface area contributed by atoms with Crippen LogP contribution in [-0.2, 0) is 140 Å². The maximum Gasteiger partial charge on any atom is 1.00 e. The second-order valence-electron chi connectivity index (χ2n) is 16.8. The molecular formula is C60H60Au4N8S4. The van der Waals surface area contributed by atoms with E-state index < -0.39 is 0 Å². The summed E-state index contributed by atoms with van der Waals surface area (Å²) in [5, 5.41) is 0. The van der Waals surface area contributed by atoms with Crippen LogP contribution < -0.4 is 19.6 Å². The van der Waals surface area contributed by atoms with Crippen molar-refractivity contribution in [1.82, 2.24) is 0 Å². The third kappa shape index (κ3) is 24.4. The van der Waals surface area contributed by atoms with E-state index in [1.54, 1.807) is 0 Å². The molecule has 0 fully saturated rings. The van der Waals surface area contributed by atoms with Gasteiger partial charge in [0.05, 0.1) is 0 Å². The SMILES string of the molecule is CN(C)c1ccc(C=Nc2ccccc2[S-])cc1.CN(C)c1ccc(C=Nc2ccccc2[S-])cc1.CN(C)c1ccc(C=Nc2ccccc2[S-])cc1.CN(C)c1ccc(C=Nc2ccccc2[S-])cc1.[Au+].[Au+].[Au+].[Au+]. The fraction of sp³-hybridized carbons (Fsp3) is 0.133. The van der Waals surface area contributed by atoms with E-state index in [4.69, 9.17) is 50.5 Å². The first-order chi connectivity index (χ1) is 34.7. The summed E-state index contributed by atoms with van der Waals surface area (Å²) < 4.78 is 0. The molecular weight excluding hydrogens is 1750 g/mol. The van der Waals surface area contributed by atoms with Gasteiger partial charge in [-0.1, -0.05) is 121 Å². The van der Waals surface area contributed by atoms with Gasteiger partial charge in [-0.05, 0) is 95.1 Å². The predicted molar refractivity (Wildman–Crippen MR) is 320 cm³/mol. The number of benzene rings is 8. The number of aliphatic imine (C=N–C) groups is 4. The summed E-state index contributed by atoms with van der Waals surface area (Å²) in [6, 6.07) is 63.6. The van der Waals surface area contributed by atoms with Gasteiger partial charge in [-0.25, -0.2) is 0 Å². The average Bonchev–Trinajstić information content (AvgIpc) is 3.39. The van der Waals surface area contributed by atoms with Crippen molar-refractivity contribution < 1.29 is 89.5 Å². The van der Waals surface area contributed by atoms with Crippen LogP contribution in [0, 0.1) is 0 Å². The van der Waals surface area contributed by atoms with E-state index in [9.17, 15) is 0 Å². The average molecular weight is 1810 g/mol. The predicted octanol–water partition coefficient (Wildman–Crippen LogP) is 13.6. The minimum absolute atomic E-state index is 0. The van der Waals surface area contributed by atoms with Crippen molar-refractivity contribution in [1.29, 1.82) is 0 Å². The van der Waals surface area contributed by atoms with Gasteiger partial charge in [-0.3, -0.25) is 20.0 Å². The van der Waals surface area contributed by atoms with Gasteiger partial charge < -0.3 is 70.1 Å². The van der Waals surface area contributed by atoms with Crippen LogP contribution in [0.2, 0.25) is 0 Å². The Hall–Kier alpha value is -4.52. The Morgan fingerprint density at radius 2 is 0.408 bits per heavy atom. The molecule has 0 heterocycles. The summed E-state index contributed by atoms with van der Waals surface area (Å²) in [7, 11) is 16.2. The molecule has 16 heteroatoms. The van der Waals surface area contributed by atoms with Crippen LogP contribution >= 0.6 is 0 Å². The summed E-state index contributed by atoms with van der Waals surface area (Å²) in [5.74, 6) is 0. The Morgan fingerprint density at radius 1 is 0.250 bits per heavy atom. The number of para-hydroxylation sites is 4. The standard InChI is InChI=1S/4C15H16N2S.4Au/c4*1-17(2)13-9-7-12(8-10-13)11-16-14-5-3-4-6-15(14)18;;;;/h4*3-11,18H,1-2H3;;;;/q;;;;4*+1/p-4. The summed E-state index contributed by atoms with van der Waals surface area (Å²) in [5.41, 5.74) is 12.3. The van der Waals surface area contributed by atoms with E-state index in [0.29, 0.717) is 0 Å². The van der Waals surface area contributed by atoms with Gasteiger partial charge >= 0.3 is 89.5 Å². The maximum atomic E-state index is 5.20. The van der Waals surface area contributed by atoms with Gasteiger partial charge in [0.25, 0.3) is 0 Å². The quantitative estimate of drug-likeness (QED) is 0.0681. The first kappa shape index (κ1) is 69.5. The Bertz CT molecular complexity index is 2610. The molecule has 0 aliphatic rings. The number of rotatable bonds is 12. The van der Waals surface area contributed by atoms with Gasteiger partial charge in [-0.2, -0.15) is 0 Å². The van der Waals surface area contributed by atoms with Gasteiger partial charge in [-0.15, -0.1) is 19.6 Å². The molecule has 0 atom stereocenters.